The lowest BCUT2D eigenvalue weighted by atomic mass is 10.2. The molecule has 0 unspecified atom stereocenters. The molecule has 2 aromatic carbocycles. The van der Waals surface area contributed by atoms with Gasteiger partial charge in [0.25, 0.3) is 5.91 Å². The van der Waals surface area contributed by atoms with E-state index in [1.54, 1.807) is 31.2 Å². The Morgan fingerprint density at radius 2 is 1.83 bits per heavy atom. The first-order chi connectivity index (χ1) is 14.3. The van der Waals surface area contributed by atoms with Crippen LogP contribution in [0.5, 0.6) is 11.5 Å². The number of hydrogen-bond donors (Lipinski definition) is 1. The van der Waals surface area contributed by atoms with Gasteiger partial charge in [0.2, 0.25) is 10.0 Å². The topological polar surface area (TPSA) is 94.2 Å². The van der Waals surface area contributed by atoms with Gasteiger partial charge in [-0.05, 0) is 49.4 Å². The third-order valence-corrected chi connectivity index (χ3v) is 6.68. The molecule has 1 heterocycles. The number of amides is 1. The smallest absolute Gasteiger partial charge is 0.265 e. The molecule has 1 saturated heterocycles. The number of carbonyl (C=O) groups excluding carboxylic acids is 1. The fourth-order valence-electron chi connectivity index (χ4n) is 2.89. The van der Waals surface area contributed by atoms with Crippen LogP contribution in [0.1, 0.15) is 6.92 Å². The van der Waals surface area contributed by atoms with Gasteiger partial charge in [0.1, 0.15) is 11.5 Å². The van der Waals surface area contributed by atoms with Crippen molar-refractivity contribution in [1.29, 1.82) is 0 Å². The number of nitrogens with one attached hydrogen (secondary N) is 1. The monoisotopic (exact) mass is 454 g/mol. The van der Waals surface area contributed by atoms with Crippen molar-refractivity contribution in [3.05, 3.63) is 47.5 Å². The van der Waals surface area contributed by atoms with Crippen molar-refractivity contribution < 1.29 is 27.4 Å². The summed E-state index contributed by atoms with van der Waals surface area (Å²) in [5.41, 5.74) is 0.239. The zero-order chi connectivity index (χ0) is 21.7. The molecule has 0 saturated carbocycles. The molecule has 3 rings (SSSR count). The van der Waals surface area contributed by atoms with Crippen LogP contribution in [0, 0.1) is 0 Å². The second kappa shape index (κ2) is 9.65. The summed E-state index contributed by atoms with van der Waals surface area (Å²) in [5, 5.41) is 3.24. The van der Waals surface area contributed by atoms with Crippen LogP contribution >= 0.6 is 11.6 Å². The minimum Gasteiger partial charge on any atom is -0.495 e. The van der Waals surface area contributed by atoms with Gasteiger partial charge in [0.05, 0.1) is 30.9 Å². The fraction of sp³-hybridized carbons (Fsp3) is 0.350. The van der Waals surface area contributed by atoms with Gasteiger partial charge in [-0.2, -0.15) is 4.31 Å². The first-order valence-electron chi connectivity index (χ1n) is 9.30. The van der Waals surface area contributed by atoms with Crippen LogP contribution in [0.2, 0.25) is 5.02 Å². The normalized spacial score (nSPS) is 16.0. The molecule has 1 aliphatic heterocycles. The SMILES string of the molecule is COc1ccc(S(=O)(=O)N2CCOCC2)cc1NC(=O)[C@@H](C)Oc1ccc(Cl)cc1. The Kier molecular flexibility index (Phi) is 7.19. The number of ether oxygens (including phenoxy) is 3. The lowest BCUT2D eigenvalue weighted by molar-refractivity contribution is -0.122. The van der Waals surface area contributed by atoms with E-state index in [0.717, 1.165) is 0 Å². The maximum absolute atomic E-state index is 12.9. The summed E-state index contributed by atoms with van der Waals surface area (Å²) >= 11 is 5.85. The van der Waals surface area contributed by atoms with Crippen LogP contribution < -0.4 is 14.8 Å². The highest BCUT2D eigenvalue weighted by molar-refractivity contribution is 7.89. The van der Waals surface area contributed by atoms with Crippen molar-refractivity contribution in [3.8, 4) is 11.5 Å². The van der Waals surface area contributed by atoms with Crippen LogP contribution in [0.3, 0.4) is 0 Å². The molecule has 1 atom stereocenters. The van der Waals surface area contributed by atoms with E-state index in [0.29, 0.717) is 29.7 Å². The molecule has 0 aliphatic carbocycles. The van der Waals surface area contributed by atoms with Gasteiger partial charge < -0.3 is 19.5 Å². The maximum Gasteiger partial charge on any atom is 0.265 e. The van der Waals surface area contributed by atoms with E-state index in [4.69, 9.17) is 25.8 Å². The third kappa shape index (κ3) is 5.23. The second-order valence-electron chi connectivity index (χ2n) is 6.58. The number of nitrogens with zero attached hydrogens (tertiary/aromatic N) is 1. The van der Waals surface area contributed by atoms with Gasteiger partial charge >= 0.3 is 0 Å². The molecule has 0 spiro atoms. The summed E-state index contributed by atoms with van der Waals surface area (Å²) < 4.78 is 43.3. The molecule has 2 aromatic rings. The molecule has 30 heavy (non-hydrogen) atoms. The van der Waals surface area contributed by atoms with Crippen molar-refractivity contribution in [2.75, 3.05) is 38.7 Å². The number of hydrogen-bond acceptors (Lipinski definition) is 6. The van der Waals surface area contributed by atoms with Gasteiger partial charge in [0.15, 0.2) is 6.10 Å². The number of benzene rings is 2. The number of morpholine rings is 1. The molecule has 1 aliphatic rings. The molecule has 1 N–H and O–H groups in total. The molecule has 0 bridgehead atoms. The summed E-state index contributed by atoms with van der Waals surface area (Å²) in [6.07, 6.45) is -0.838. The third-order valence-electron chi connectivity index (χ3n) is 4.53. The molecule has 0 aromatic heterocycles. The van der Waals surface area contributed by atoms with Gasteiger partial charge in [-0.3, -0.25) is 4.79 Å². The van der Waals surface area contributed by atoms with Gasteiger partial charge in [-0.15, -0.1) is 0 Å². The summed E-state index contributed by atoms with van der Waals surface area (Å²) in [4.78, 5) is 12.7. The van der Waals surface area contributed by atoms with Gasteiger partial charge in [-0.25, -0.2) is 8.42 Å². The van der Waals surface area contributed by atoms with E-state index in [2.05, 4.69) is 5.32 Å². The van der Waals surface area contributed by atoms with E-state index in [9.17, 15) is 13.2 Å². The van der Waals surface area contributed by atoms with Crippen LogP contribution in [0.4, 0.5) is 5.69 Å². The minimum atomic E-state index is -3.72. The van der Waals surface area contributed by atoms with E-state index < -0.39 is 22.0 Å². The average Bonchev–Trinajstić information content (AvgIpc) is 2.75. The van der Waals surface area contributed by atoms with E-state index >= 15 is 0 Å². The zero-order valence-corrected chi connectivity index (χ0v) is 18.2. The van der Waals surface area contributed by atoms with Crippen molar-refractivity contribution in [1.82, 2.24) is 4.31 Å². The molecular weight excluding hydrogens is 432 g/mol. The molecule has 10 heteroatoms. The zero-order valence-electron chi connectivity index (χ0n) is 16.6. The lowest BCUT2D eigenvalue weighted by Gasteiger charge is -2.26. The Bertz CT molecular complexity index is 991. The van der Waals surface area contributed by atoms with Gasteiger partial charge in [-0.1, -0.05) is 11.6 Å². The maximum atomic E-state index is 12.9. The number of sulfonamides is 1. The van der Waals surface area contributed by atoms with Crippen molar-refractivity contribution in [2.24, 2.45) is 0 Å². The molecule has 8 nitrogen and oxygen atoms in total. The first-order valence-corrected chi connectivity index (χ1v) is 11.1. The molecular formula is C20H23ClN2O6S. The van der Waals surface area contributed by atoms with Crippen molar-refractivity contribution in [2.45, 2.75) is 17.9 Å². The van der Waals surface area contributed by atoms with Crippen molar-refractivity contribution >= 4 is 33.2 Å². The van der Waals surface area contributed by atoms with E-state index in [1.807, 2.05) is 0 Å². The Hall–Kier alpha value is -2.33. The second-order valence-corrected chi connectivity index (χ2v) is 8.96. The molecule has 0 radical (unpaired) electrons. The van der Waals surface area contributed by atoms with E-state index in [-0.39, 0.29) is 23.7 Å². The predicted molar refractivity (Wildman–Crippen MR) is 113 cm³/mol. The van der Waals surface area contributed by atoms with Crippen molar-refractivity contribution in [3.63, 3.8) is 0 Å². The Morgan fingerprint density at radius 3 is 2.47 bits per heavy atom. The van der Waals surface area contributed by atoms with E-state index in [1.165, 1.54) is 29.6 Å². The Labute approximate surface area is 180 Å². The highest BCUT2D eigenvalue weighted by Gasteiger charge is 2.27. The van der Waals surface area contributed by atoms with Crippen LogP contribution in [-0.4, -0.2) is 58.1 Å². The summed E-state index contributed by atoms with van der Waals surface area (Å²) in [5.74, 6) is 0.366. The average molecular weight is 455 g/mol. The molecule has 162 valence electrons. The minimum absolute atomic E-state index is 0.0618. The highest BCUT2D eigenvalue weighted by atomic mass is 35.5. The predicted octanol–water partition coefficient (Wildman–Crippen LogP) is 2.78. The Balaban J connectivity index is 1.77. The number of halogens is 1. The van der Waals surface area contributed by atoms with Crippen LogP contribution in [-0.2, 0) is 19.6 Å². The highest BCUT2D eigenvalue weighted by Crippen LogP contribution is 2.29. The summed E-state index contributed by atoms with van der Waals surface area (Å²) in [6.45, 7) is 2.84. The summed E-state index contributed by atoms with van der Waals surface area (Å²) in [7, 11) is -2.28. The summed E-state index contributed by atoms with van der Waals surface area (Å²) in [6, 6.07) is 11.0. The van der Waals surface area contributed by atoms with Crippen LogP contribution in [0.25, 0.3) is 0 Å². The molecule has 1 fully saturated rings. The standard InChI is InChI=1S/C20H23ClN2O6S/c1-14(29-16-5-3-15(21)4-6-16)20(24)22-18-13-17(7-8-19(18)27-2)30(25,26)23-9-11-28-12-10-23/h3-8,13-14H,9-12H2,1-2H3,(H,22,24)/t14-/m1/s1. The quantitative estimate of drug-likeness (QED) is 0.691. The van der Waals surface area contributed by atoms with Crippen LogP contribution in [0.15, 0.2) is 47.4 Å². The number of methoxy groups -OCH3 is 1. The number of carbonyl (C=O) groups is 1. The Morgan fingerprint density at radius 1 is 1.17 bits per heavy atom. The van der Waals surface area contributed by atoms with Gasteiger partial charge in [0, 0.05) is 18.1 Å². The fourth-order valence-corrected chi connectivity index (χ4v) is 4.45. The largest absolute Gasteiger partial charge is 0.495 e. The molecule has 1 amide bonds. The number of anilines is 1. The number of rotatable bonds is 7. The lowest BCUT2D eigenvalue weighted by Crippen LogP contribution is -2.40. The first kappa shape index (κ1) is 22.4.